The molecule has 0 aromatic heterocycles. The quantitative estimate of drug-likeness (QED) is 0.187. The molecule has 2 aromatic rings. The number of benzene rings is 2. The zero-order valence-electron chi connectivity index (χ0n) is 29.4. The van der Waals surface area contributed by atoms with Crippen LogP contribution in [-0.2, 0) is 36.7 Å². The molecule has 0 unspecified atom stereocenters. The summed E-state index contributed by atoms with van der Waals surface area (Å²) in [5.41, 5.74) is 6.67. The molecular weight excluding hydrogens is 654 g/mol. The molecule has 13 nitrogen and oxygen atoms in total. The Hall–Kier alpha value is -5.38. The van der Waals surface area contributed by atoms with Gasteiger partial charge in [0.15, 0.2) is 6.10 Å². The molecule has 13 heteroatoms. The Balaban J connectivity index is 1.21. The highest BCUT2D eigenvalue weighted by molar-refractivity contribution is 6.32. The molecule has 3 aliphatic rings. The third kappa shape index (κ3) is 9.45. The Morgan fingerprint density at radius 3 is 2.35 bits per heavy atom. The summed E-state index contributed by atoms with van der Waals surface area (Å²) in [5.74, 6) is 0.522. The number of aliphatic imine (C=N–C) groups is 1. The van der Waals surface area contributed by atoms with E-state index >= 15 is 0 Å². The molecule has 2 saturated heterocycles. The second kappa shape index (κ2) is 17.0. The maximum Gasteiger partial charge on any atom is 0.410 e. The van der Waals surface area contributed by atoms with Crippen molar-refractivity contribution in [3.05, 3.63) is 70.5 Å². The van der Waals surface area contributed by atoms with Gasteiger partial charge >= 0.3 is 24.0 Å². The van der Waals surface area contributed by atoms with Crippen LogP contribution in [0.5, 0.6) is 5.75 Å². The number of fused-ring (bicyclic) bond motifs is 1. The van der Waals surface area contributed by atoms with Crippen molar-refractivity contribution in [2.24, 2.45) is 10.9 Å². The van der Waals surface area contributed by atoms with E-state index in [1.54, 1.807) is 43.9 Å². The lowest BCUT2D eigenvalue weighted by Crippen LogP contribution is -2.50. The molecular formula is C38H45N5O8. The molecule has 2 fully saturated rings. The average molecular weight is 700 g/mol. The Labute approximate surface area is 297 Å². The summed E-state index contributed by atoms with van der Waals surface area (Å²) in [7, 11) is 0. The number of esters is 1. The van der Waals surface area contributed by atoms with Gasteiger partial charge in [-0.05, 0) is 93.2 Å². The van der Waals surface area contributed by atoms with Gasteiger partial charge in [0, 0.05) is 56.7 Å². The molecule has 51 heavy (non-hydrogen) atoms. The number of ether oxygens (including phenoxy) is 2. The van der Waals surface area contributed by atoms with Crippen molar-refractivity contribution in [2.45, 2.75) is 71.4 Å². The SMILES string of the molecule is CCOC(=O)C(=O)N1CCC(C=C=C=NC(=O)[C@@H](Cc2cc(C)c(O)c(C)c2)OC(=O)N2CCC(N3CCc4ccccc4NC3=O)CC2)CC1. The summed E-state index contributed by atoms with van der Waals surface area (Å²) in [5, 5.41) is 13.3. The zero-order valence-corrected chi connectivity index (χ0v) is 29.4. The van der Waals surface area contributed by atoms with Crippen molar-refractivity contribution in [2.75, 3.05) is 44.6 Å². The van der Waals surface area contributed by atoms with Gasteiger partial charge < -0.3 is 34.6 Å². The number of phenolic OH excluding ortho intramolecular Hbond substituents is 1. The van der Waals surface area contributed by atoms with Gasteiger partial charge in [0.25, 0.3) is 5.91 Å². The molecule has 2 N–H and O–H groups in total. The first kappa shape index (κ1) is 36.9. The van der Waals surface area contributed by atoms with Crippen molar-refractivity contribution in [1.29, 1.82) is 0 Å². The number of anilines is 1. The molecule has 2 aromatic carbocycles. The molecule has 3 heterocycles. The van der Waals surface area contributed by atoms with E-state index in [4.69, 9.17) is 9.47 Å². The van der Waals surface area contributed by atoms with Crippen LogP contribution in [0.4, 0.5) is 15.3 Å². The topological polar surface area (TPSA) is 158 Å². The van der Waals surface area contributed by atoms with E-state index in [-0.39, 0.29) is 36.8 Å². The van der Waals surface area contributed by atoms with Crippen LogP contribution in [0.2, 0.25) is 0 Å². The number of carbonyl (C=O) groups excluding carboxylic acids is 5. The Morgan fingerprint density at radius 2 is 1.67 bits per heavy atom. The summed E-state index contributed by atoms with van der Waals surface area (Å²) < 4.78 is 10.6. The molecule has 5 amide bonds. The van der Waals surface area contributed by atoms with Gasteiger partial charge in [-0.3, -0.25) is 9.59 Å². The van der Waals surface area contributed by atoms with Crippen LogP contribution in [0.15, 0.2) is 53.2 Å². The number of allylic oxidation sites excluding steroid dienone is 1. The van der Waals surface area contributed by atoms with E-state index < -0.39 is 30.0 Å². The van der Waals surface area contributed by atoms with Gasteiger partial charge in [0.05, 0.1) is 6.61 Å². The van der Waals surface area contributed by atoms with Crippen molar-refractivity contribution < 1.29 is 38.6 Å². The number of nitrogens with one attached hydrogen (secondary N) is 1. The fraction of sp³-hybridized carbons (Fsp3) is 0.474. The van der Waals surface area contributed by atoms with Gasteiger partial charge in [0.2, 0.25) is 0 Å². The monoisotopic (exact) mass is 699 g/mol. The van der Waals surface area contributed by atoms with Crippen LogP contribution >= 0.6 is 0 Å². The van der Waals surface area contributed by atoms with Gasteiger partial charge in [0.1, 0.15) is 5.75 Å². The number of carbonyl (C=O) groups is 5. The van der Waals surface area contributed by atoms with Crippen LogP contribution in [0.1, 0.15) is 54.9 Å². The fourth-order valence-corrected chi connectivity index (χ4v) is 6.76. The molecule has 0 bridgehead atoms. The fourth-order valence-electron chi connectivity index (χ4n) is 6.76. The van der Waals surface area contributed by atoms with Gasteiger partial charge in [-0.15, -0.1) is 0 Å². The predicted molar refractivity (Wildman–Crippen MR) is 188 cm³/mol. The number of aryl methyl sites for hydroxylation is 2. The number of hydrogen-bond donors (Lipinski definition) is 2. The van der Waals surface area contributed by atoms with Gasteiger partial charge in [-0.2, -0.15) is 4.99 Å². The molecule has 270 valence electrons. The van der Waals surface area contributed by atoms with Crippen molar-refractivity contribution in [3.8, 4) is 5.75 Å². The molecule has 5 rings (SSSR count). The first-order valence-corrected chi connectivity index (χ1v) is 17.5. The van der Waals surface area contributed by atoms with Crippen LogP contribution in [-0.4, -0.2) is 107 Å². The molecule has 0 saturated carbocycles. The summed E-state index contributed by atoms with van der Waals surface area (Å²) in [4.78, 5) is 72.5. The molecule has 0 radical (unpaired) electrons. The third-order valence-electron chi connectivity index (χ3n) is 9.62. The number of nitrogens with zero attached hydrogens (tertiary/aromatic N) is 4. The lowest BCUT2D eigenvalue weighted by Gasteiger charge is -2.37. The van der Waals surface area contributed by atoms with E-state index in [0.29, 0.717) is 75.1 Å². The molecule has 0 aliphatic carbocycles. The third-order valence-corrected chi connectivity index (χ3v) is 9.62. The van der Waals surface area contributed by atoms with E-state index in [1.807, 2.05) is 29.2 Å². The number of amides is 5. The second-order valence-corrected chi connectivity index (χ2v) is 13.1. The van der Waals surface area contributed by atoms with Crippen molar-refractivity contribution in [3.63, 3.8) is 0 Å². The van der Waals surface area contributed by atoms with E-state index in [2.05, 4.69) is 21.9 Å². The largest absolute Gasteiger partial charge is 0.507 e. The highest BCUT2D eigenvalue weighted by Crippen LogP contribution is 2.27. The number of para-hydroxylation sites is 1. The number of likely N-dealkylation sites (tertiary alicyclic amines) is 2. The average Bonchev–Trinajstić information content (AvgIpc) is 3.30. The van der Waals surface area contributed by atoms with E-state index in [0.717, 1.165) is 17.7 Å². The molecule has 3 aliphatic heterocycles. The zero-order chi connectivity index (χ0) is 36.5. The highest BCUT2D eigenvalue weighted by atomic mass is 16.6. The lowest BCUT2D eigenvalue weighted by molar-refractivity contribution is -0.160. The Kier molecular flexibility index (Phi) is 12.3. The summed E-state index contributed by atoms with van der Waals surface area (Å²) >= 11 is 0. The maximum absolute atomic E-state index is 13.4. The second-order valence-electron chi connectivity index (χ2n) is 13.1. The highest BCUT2D eigenvalue weighted by Gasteiger charge is 2.34. The summed E-state index contributed by atoms with van der Waals surface area (Å²) in [6, 6.07) is 11.0. The molecule has 1 atom stereocenters. The lowest BCUT2D eigenvalue weighted by atomic mass is 9.97. The van der Waals surface area contributed by atoms with Gasteiger partial charge in [-0.1, -0.05) is 36.1 Å². The van der Waals surface area contributed by atoms with Crippen LogP contribution in [0, 0.1) is 19.8 Å². The van der Waals surface area contributed by atoms with Crippen molar-refractivity contribution >= 4 is 41.5 Å². The number of hydrogen-bond acceptors (Lipinski definition) is 8. The van der Waals surface area contributed by atoms with E-state index in [9.17, 15) is 29.1 Å². The summed E-state index contributed by atoms with van der Waals surface area (Å²) in [6.07, 6.45) is 2.93. The predicted octanol–water partition coefficient (Wildman–Crippen LogP) is 4.32. The Morgan fingerprint density at radius 1 is 1.00 bits per heavy atom. The standard InChI is InChI=1S/C38H45N5O8/c1-4-50-36(47)35(46)41-17-11-27(12-18-41)8-7-16-39-34(45)32(24-28-22-25(2)33(44)26(3)23-28)51-38(49)42-19-14-30(15-20-42)43-21-13-29-9-5-6-10-31(29)40-37(43)48/h5-6,8-10,22-23,27,30,32,44H,4,11-15,17-21,24H2,1-3H3,(H,40,48)/t32-/m1/s1. The molecule has 0 spiro atoms. The van der Waals surface area contributed by atoms with Crippen LogP contribution in [0.25, 0.3) is 0 Å². The maximum atomic E-state index is 13.4. The minimum atomic E-state index is -1.25. The minimum absolute atomic E-state index is 0.0410. The first-order chi connectivity index (χ1) is 24.5. The number of piperidine rings is 2. The number of aromatic hydroxyl groups is 1. The van der Waals surface area contributed by atoms with Gasteiger partial charge in [-0.25, -0.2) is 14.4 Å². The number of phenols is 1. The smallest absolute Gasteiger partial charge is 0.410 e. The number of rotatable bonds is 7. The van der Waals surface area contributed by atoms with Crippen LogP contribution < -0.4 is 5.32 Å². The van der Waals surface area contributed by atoms with E-state index in [1.165, 1.54) is 4.90 Å². The normalized spacial score (nSPS) is 17.2. The Bertz CT molecular complexity index is 1720. The minimum Gasteiger partial charge on any atom is -0.507 e. The van der Waals surface area contributed by atoms with Crippen LogP contribution in [0.3, 0.4) is 0 Å². The van der Waals surface area contributed by atoms with Crippen molar-refractivity contribution in [1.82, 2.24) is 14.7 Å². The number of urea groups is 1. The first-order valence-electron chi connectivity index (χ1n) is 17.5. The summed E-state index contributed by atoms with van der Waals surface area (Å²) in [6.45, 7) is 7.35.